The van der Waals surface area contributed by atoms with Gasteiger partial charge in [0.25, 0.3) is 5.91 Å². The van der Waals surface area contributed by atoms with Crippen molar-refractivity contribution in [3.05, 3.63) is 89.6 Å². The van der Waals surface area contributed by atoms with Crippen molar-refractivity contribution in [3.63, 3.8) is 0 Å². The van der Waals surface area contributed by atoms with Gasteiger partial charge in [-0.2, -0.15) is 0 Å². The van der Waals surface area contributed by atoms with Crippen molar-refractivity contribution in [2.24, 2.45) is 0 Å². The van der Waals surface area contributed by atoms with E-state index in [1.54, 1.807) is 16.7 Å². The number of carbonyl (C=O) groups excluding carboxylic acids is 2. The topological polar surface area (TPSA) is 61.2 Å². The number of thiazole rings is 1. The fraction of sp³-hybridized carbons (Fsp3) is 0.179. The number of rotatable bonds is 4. The standard InChI is InChI=1S/C28H22N2O3S/c31-26(30-23-14-6-3-9-18(23)19-10-4-7-15-24(19)30)17-33-28(32)21-12-2-1-11-20(21)27-29-22-13-5-8-16-25(22)34-27/h1-3,5-6,8-9,11-14,16H,4,7,10,15,17H2. The van der Waals surface area contributed by atoms with Crippen LogP contribution in [0.15, 0.2) is 72.8 Å². The number of para-hydroxylation sites is 2. The number of hydrogen-bond donors (Lipinski definition) is 0. The van der Waals surface area contributed by atoms with E-state index in [2.05, 4.69) is 11.1 Å². The second kappa shape index (κ2) is 8.54. The predicted molar refractivity (Wildman–Crippen MR) is 135 cm³/mol. The third-order valence-corrected chi connectivity index (χ3v) is 7.50. The lowest BCUT2D eigenvalue weighted by Crippen LogP contribution is -2.23. The monoisotopic (exact) mass is 466 g/mol. The lowest BCUT2D eigenvalue weighted by atomic mass is 9.95. The minimum absolute atomic E-state index is 0.217. The Hall–Kier alpha value is -3.77. The Kier molecular flexibility index (Phi) is 5.23. The summed E-state index contributed by atoms with van der Waals surface area (Å²) in [5, 5.41) is 1.88. The van der Waals surface area contributed by atoms with E-state index in [-0.39, 0.29) is 12.5 Å². The van der Waals surface area contributed by atoms with Gasteiger partial charge in [0.1, 0.15) is 5.01 Å². The highest BCUT2D eigenvalue weighted by Crippen LogP contribution is 2.33. The lowest BCUT2D eigenvalue weighted by Gasteiger charge is -2.15. The molecule has 1 aliphatic rings. The molecule has 34 heavy (non-hydrogen) atoms. The minimum Gasteiger partial charge on any atom is -0.452 e. The fourth-order valence-corrected chi connectivity index (χ4v) is 5.89. The summed E-state index contributed by atoms with van der Waals surface area (Å²) in [6.07, 6.45) is 4.04. The number of nitrogens with zero attached hydrogens (tertiary/aromatic N) is 2. The summed E-state index contributed by atoms with van der Waals surface area (Å²) in [5.74, 6) is -0.737. The predicted octanol–water partition coefficient (Wildman–Crippen LogP) is 6.29. The molecule has 0 radical (unpaired) electrons. The fourth-order valence-electron chi connectivity index (χ4n) is 4.88. The van der Waals surface area contributed by atoms with Gasteiger partial charge in [-0.15, -0.1) is 11.3 Å². The highest BCUT2D eigenvalue weighted by Gasteiger charge is 2.24. The van der Waals surface area contributed by atoms with Gasteiger partial charge >= 0.3 is 5.97 Å². The maximum atomic E-state index is 13.3. The van der Waals surface area contributed by atoms with E-state index in [1.807, 2.05) is 54.6 Å². The summed E-state index contributed by atoms with van der Waals surface area (Å²) in [6.45, 7) is -0.307. The van der Waals surface area contributed by atoms with Gasteiger partial charge in [-0.25, -0.2) is 9.78 Å². The van der Waals surface area contributed by atoms with Crippen molar-refractivity contribution in [3.8, 4) is 10.6 Å². The molecule has 1 aliphatic carbocycles. The van der Waals surface area contributed by atoms with Crippen LogP contribution in [0.1, 0.15) is 39.3 Å². The van der Waals surface area contributed by atoms with Gasteiger partial charge < -0.3 is 4.74 Å². The van der Waals surface area contributed by atoms with Crippen molar-refractivity contribution in [1.82, 2.24) is 9.55 Å². The number of hydrogen-bond acceptors (Lipinski definition) is 5. The van der Waals surface area contributed by atoms with Crippen molar-refractivity contribution >= 4 is 44.3 Å². The molecule has 5 aromatic rings. The number of ether oxygens (including phenoxy) is 1. The molecule has 0 amide bonds. The minimum atomic E-state index is -0.520. The van der Waals surface area contributed by atoms with E-state index in [1.165, 1.54) is 16.9 Å². The maximum Gasteiger partial charge on any atom is 0.339 e. The van der Waals surface area contributed by atoms with Crippen LogP contribution in [0, 0.1) is 0 Å². The Morgan fingerprint density at radius 1 is 0.912 bits per heavy atom. The quantitative estimate of drug-likeness (QED) is 0.292. The Balaban J connectivity index is 1.28. The first-order chi connectivity index (χ1) is 16.7. The van der Waals surface area contributed by atoms with E-state index in [0.29, 0.717) is 11.1 Å². The summed E-state index contributed by atoms with van der Waals surface area (Å²) in [6, 6.07) is 23.1. The average Bonchev–Trinajstić information content (AvgIpc) is 3.46. The van der Waals surface area contributed by atoms with E-state index >= 15 is 0 Å². The van der Waals surface area contributed by atoms with Crippen LogP contribution in [0.4, 0.5) is 0 Å². The largest absolute Gasteiger partial charge is 0.452 e. The van der Waals surface area contributed by atoms with Crippen LogP contribution in [-0.2, 0) is 17.6 Å². The summed E-state index contributed by atoms with van der Waals surface area (Å²) < 4.78 is 8.37. The van der Waals surface area contributed by atoms with Crippen LogP contribution < -0.4 is 0 Å². The first-order valence-electron chi connectivity index (χ1n) is 11.5. The highest BCUT2D eigenvalue weighted by molar-refractivity contribution is 7.21. The molecule has 5 nitrogen and oxygen atoms in total. The first-order valence-corrected chi connectivity index (χ1v) is 12.3. The zero-order valence-corrected chi connectivity index (χ0v) is 19.3. The van der Waals surface area contributed by atoms with Gasteiger partial charge in [-0.3, -0.25) is 9.36 Å². The Morgan fingerprint density at radius 3 is 2.59 bits per heavy atom. The van der Waals surface area contributed by atoms with Crippen LogP contribution in [0.2, 0.25) is 0 Å². The molecule has 3 aromatic carbocycles. The molecule has 0 unspecified atom stereocenters. The van der Waals surface area contributed by atoms with Gasteiger partial charge in [-0.05, 0) is 55.5 Å². The lowest BCUT2D eigenvalue weighted by molar-refractivity contribution is 0.0450. The molecule has 6 rings (SSSR count). The van der Waals surface area contributed by atoms with Gasteiger partial charge in [0.15, 0.2) is 6.61 Å². The maximum absolute atomic E-state index is 13.3. The van der Waals surface area contributed by atoms with Crippen molar-refractivity contribution in [1.29, 1.82) is 0 Å². The van der Waals surface area contributed by atoms with Crippen LogP contribution in [0.3, 0.4) is 0 Å². The van der Waals surface area contributed by atoms with Crippen LogP contribution in [-0.4, -0.2) is 28.0 Å². The van der Waals surface area contributed by atoms with Gasteiger partial charge in [0.05, 0.1) is 21.3 Å². The van der Waals surface area contributed by atoms with Gasteiger partial charge in [0.2, 0.25) is 0 Å². The molecule has 0 aliphatic heterocycles. The molecule has 0 N–H and O–H groups in total. The second-order valence-corrected chi connectivity index (χ2v) is 9.52. The summed E-state index contributed by atoms with van der Waals surface area (Å²) >= 11 is 1.53. The Morgan fingerprint density at radius 2 is 1.68 bits per heavy atom. The molecule has 0 atom stereocenters. The summed E-state index contributed by atoms with van der Waals surface area (Å²) in [5.41, 5.74) is 5.22. The van der Waals surface area contributed by atoms with Crippen LogP contribution >= 0.6 is 11.3 Å². The van der Waals surface area contributed by atoms with Crippen molar-refractivity contribution < 1.29 is 14.3 Å². The van der Waals surface area contributed by atoms with Gasteiger partial charge in [-0.1, -0.05) is 48.5 Å². The molecule has 0 bridgehead atoms. The van der Waals surface area contributed by atoms with Crippen molar-refractivity contribution in [2.45, 2.75) is 25.7 Å². The van der Waals surface area contributed by atoms with E-state index in [0.717, 1.165) is 57.5 Å². The Labute approximate surface area is 200 Å². The second-order valence-electron chi connectivity index (χ2n) is 8.49. The number of fused-ring (bicyclic) bond motifs is 4. The van der Waals surface area contributed by atoms with Crippen molar-refractivity contribution in [2.75, 3.05) is 6.61 Å². The number of aromatic nitrogens is 2. The molecular formula is C28H22N2O3S. The number of carbonyl (C=O) groups is 2. The Bertz CT molecular complexity index is 1530. The van der Waals surface area contributed by atoms with Crippen LogP contribution in [0.25, 0.3) is 31.7 Å². The van der Waals surface area contributed by atoms with Crippen LogP contribution in [0.5, 0.6) is 0 Å². The zero-order valence-electron chi connectivity index (χ0n) is 18.5. The van der Waals surface area contributed by atoms with Gasteiger partial charge in [0, 0.05) is 16.6 Å². The molecule has 0 saturated carbocycles. The average molecular weight is 467 g/mol. The summed E-state index contributed by atoms with van der Waals surface area (Å²) in [4.78, 5) is 31.0. The third kappa shape index (κ3) is 3.51. The summed E-state index contributed by atoms with van der Waals surface area (Å²) in [7, 11) is 0. The first kappa shape index (κ1) is 20.8. The molecule has 168 valence electrons. The number of esters is 1. The highest BCUT2D eigenvalue weighted by atomic mass is 32.1. The third-order valence-electron chi connectivity index (χ3n) is 6.43. The van der Waals surface area contributed by atoms with E-state index in [4.69, 9.17) is 4.74 Å². The number of aryl methyl sites for hydroxylation is 1. The van der Waals surface area contributed by atoms with E-state index in [9.17, 15) is 9.59 Å². The number of benzene rings is 3. The molecule has 0 saturated heterocycles. The smallest absolute Gasteiger partial charge is 0.339 e. The molecule has 2 aromatic heterocycles. The SMILES string of the molecule is O=C(OCC(=O)n1c2c(c3ccccc31)CCCC2)c1ccccc1-c1nc2ccccc2s1. The van der Waals surface area contributed by atoms with E-state index < -0.39 is 5.97 Å². The normalized spacial score (nSPS) is 13.2. The molecule has 0 spiro atoms. The molecular weight excluding hydrogens is 444 g/mol. The zero-order chi connectivity index (χ0) is 23.1. The molecule has 6 heteroatoms. The molecule has 0 fully saturated rings. The molecule has 2 heterocycles.